The minimum atomic E-state index is -3.86. The molecule has 17 heavy (non-hydrogen) atoms. The fourth-order valence-corrected chi connectivity index (χ4v) is 5.74. The first-order chi connectivity index (χ1) is 7.72. The summed E-state index contributed by atoms with van der Waals surface area (Å²) < 4.78 is 46.3. The van der Waals surface area contributed by atoms with Gasteiger partial charge in [-0.1, -0.05) is 0 Å². The van der Waals surface area contributed by atoms with Crippen LogP contribution in [0.1, 0.15) is 18.5 Å². The summed E-state index contributed by atoms with van der Waals surface area (Å²) in [6, 6.07) is 1.14. The molecular formula is C8H12N2O4S3. The van der Waals surface area contributed by atoms with Crippen molar-refractivity contribution in [1.82, 2.24) is 5.32 Å². The van der Waals surface area contributed by atoms with Gasteiger partial charge in [0, 0.05) is 12.6 Å². The average Bonchev–Trinajstić information content (AvgIpc) is 2.57. The normalized spacial score (nSPS) is 24.0. The van der Waals surface area contributed by atoms with E-state index >= 15 is 0 Å². The monoisotopic (exact) mass is 296 g/mol. The van der Waals surface area contributed by atoms with Crippen LogP contribution >= 0.6 is 11.3 Å². The summed E-state index contributed by atoms with van der Waals surface area (Å²) in [5.74, 6) is -0.0328. The standard InChI is InChI=1S/C8H12N2O4S3/c1-5-6-4-7(17(9,13)14)15-8(6)16(11,12)3-2-10-5/h4-5,10H,2-3H2,1H3,(H2,9,13,14)/t5-/m1/s1. The van der Waals surface area contributed by atoms with E-state index in [-0.39, 0.29) is 20.2 Å². The van der Waals surface area contributed by atoms with E-state index in [4.69, 9.17) is 5.14 Å². The highest BCUT2D eigenvalue weighted by Gasteiger charge is 2.30. The smallest absolute Gasteiger partial charge is 0.247 e. The van der Waals surface area contributed by atoms with E-state index in [0.29, 0.717) is 12.1 Å². The van der Waals surface area contributed by atoms with Crippen molar-refractivity contribution >= 4 is 31.2 Å². The Morgan fingerprint density at radius 3 is 2.76 bits per heavy atom. The van der Waals surface area contributed by atoms with Crippen LogP contribution in [-0.2, 0) is 19.9 Å². The zero-order valence-electron chi connectivity index (χ0n) is 9.00. The topological polar surface area (TPSA) is 106 Å². The third-order valence-electron chi connectivity index (χ3n) is 2.55. The van der Waals surface area contributed by atoms with Gasteiger partial charge in [-0.2, -0.15) is 0 Å². The Kier molecular flexibility index (Phi) is 3.07. The first-order valence-electron chi connectivity index (χ1n) is 4.84. The van der Waals surface area contributed by atoms with Crippen LogP contribution in [0.3, 0.4) is 0 Å². The van der Waals surface area contributed by atoms with Crippen molar-refractivity contribution in [1.29, 1.82) is 0 Å². The third kappa shape index (κ3) is 2.38. The number of sulfonamides is 1. The zero-order valence-corrected chi connectivity index (χ0v) is 11.5. The highest BCUT2D eigenvalue weighted by atomic mass is 32.3. The second kappa shape index (κ2) is 4.02. The Morgan fingerprint density at radius 1 is 1.53 bits per heavy atom. The molecule has 0 radical (unpaired) electrons. The number of rotatable bonds is 1. The molecule has 1 aliphatic rings. The molecule has 0 unspecified atom stereocenters. The molecule has 0 bridgehead atoms. The van der Waals surface area contributed by atoms with Gasteiger partial charge in [0.15, 0.2) is 9.84 Å². The van der Waals surface area contributed by atoms with Gasteiger partial charge in [0.05, 0.1) is 5.75 Å². The van der Waals surface area contributed by atoms with Crippen LogP contribution in [0.2, 0.25) is 0 Å². The molecular weight excluding hydrogens is 284 g/mol. The fourth-order valence-electron chi connectivity index (χ4n) is 1.66. The van der Waals surface area contributed by atoms with Gasteiger partial charge in [-0.3, -0.25) is 0 Å². The Labute approximate surface area is 104 Å². The predicted octanol–water partition coefficient (Wildman–Crippen LogP) is -0.167. The summed E-state index contributed by atoms with van der Waals surface area (Å²) in [7, 11) is -7.27. The summed E-state index contributed by atoms with van der Waals surface area (Å²) in [5, 5.41) is 8.02. The second-order valence-electron chi connectivity index (χ2n) is 3.85. The van der Waals surface area contributed by atoms with Gasteiger partial charge < -0.3 is 5.32 Å². The van der Waals surface area contributed by atoms with Crippen molar-refractivity contribution in [2.45, 2.75) is 21.4 Å². The molecule has 1 aromatic rings. The lowest BCUT2D eigenvalue weighted by molar-refractivity contribution is 0.589. The van der Waals surface area contributed by atoms with Crippen LogP contribution in [0.25, 0.3) is 0 Å². The highest BCUT2D eigenvalue weighted by molar-refractivity contribution is 7.95. The summed E-state index contributed by atoms with van der Waals surface area (Å²) in [5.41, 5.74) is 0.483. The average molecular weight is 296 g/mol. The van der Waals surface area contributed by atoms with Gasteiger partial charge in [0.25, 0.3) is 0 Å². The van der Waals surface area contributed by atoms with E-state index in [0.717, 1.165) is 11.3 Å². The van der Waals surface area contributed by atoms with Gasteiger partial charge >= 0.3 is 0 Å². The van der Waals surface area contributed by atoms with Crippen LogP contribution in [0.5, 0.6) is 0 Å². The molecule has 6 nitrogen and oxygen atoms in total. The van der Waals surface area contributed by atoms with E-state index in [1.165, 1.54) is 6.07 Å². The van der Waals surface area contributed by atoms with E-state index in [2.05, 4.69) is 5.32 Å². The van der Waals surface area contributed by atoms with E-state index in [1.54, 1.807) is 6.92 Å². The first-order valence-corrected chi connectivity index (χ1v) is 8.86. The van der Waals surface area contributed by atoms with Crippen LogP contribution in [0.15, 0.2) is 14.5 Å². The minimum absolute atomic E-state index is 0.0328. The number of thiophene rings is 1. The maximum Gasteiger partial charge on any atom is 0.247 e. The zero-order chi connectivity index (χ0) is 12.8. The molecule has 0 spiro atoms. The van der Waals surface area contributed by atoms with Gasteiger partial charge in [-0.15, -0.1) is 11.3 Å². The number of fused-ring (bicyclic) bond motifs is 1. The molecule has 0 amide bonds. The number of primary sulfonamides is 1. The second-order valence-corrected chi connectivity index (χ2v) is 8.99. The molecule has 1 aliphatic heterocycles. The number of nitrogens with two attached hydrogens (primary N) is 1. The van der Waals surface area contributed by atoms with Crippen LogP contribution in [0.4, 0.5) is 0 Å². The quantitative estimate of drug-likeness (QED) is 0.748. The maximum atomic E-state index is 11.9. The number of hydrogen-bond donors (Lipinski definition) is 2. The number of sulfone groups is 1. The largest absolute Gasteiger partial charge is 0.309 e. The van der Waals surface area contributed by atoms with Crippen molar-refractivity contribution in [2.24, 2.45) is 5.14 Å². The van der Waals surface area contributed by atoms with Gasteiger partial charge in [-0.25, -0.2) is 22.0 Å². The first kappa shape index (κ1) is 13.0. The Bertz CT molecular complexity index is 644. The van der Waals surface area contributed by atoms with Crippen LogP contribution in [0, 0.1) is 0 Å². The maximum absolute atomic E-state index is 11.9. The molecule has 1 atom stereocenters. The van der Waals surface area contributed by atoms with Crippen molar-refractivity contribution in [2.75, 3.05) is 12.3 Å². The number of hydrogen-bond acceptors (Lipinski definition) is 6. The fraction of sp³-hybridized carbons (Fsp3) is 0.500. The molecule has 96 valence electrons. The van der Waals surface area contributed by atoms with Crippen molar-refractivity contribution in [3.05, 3.63) is 11.6 Å². The summed E-state index contributed by atoms with van der Waals surface area (Å²) in [6.07, 6.45) is 0. The molecule has 0 fully saturated rings. The molecule has 0 saturated heterocycles. The van der Waals surface area contributed by atoms with Crippen molar-refractivity contribution in [3.63, 3.8) is 0 Å². The highest BCUT2D eigenvalue weighted by Crippen LogP contribution is 2.35. The van der Waals surface area contributed by atoms with Gasteiger partial charge in [-0.05, 0) is 18.6 Å². The van der Waals surface area contributed by atoms with E-state index in [1.807, 2.05) is 0 Å². The predicted molar refractivity (Wildman–Crippen MR) is 64.2 cm³/mol. The van der Waals surface area contributed by atoms with Crippen molar-refractivity contribution < 1.29 is 16.8 Å². The Hall–Kier alpha value is -0.480. The lowest BCUT2D eigenvalue weighted by Gasteiger charge is -2.08. The molecule has 0 aliphatic carbocycles. The van der Waals surface area contributed by atoms with Crippen LogP contribution < -0.4 is 10.5 Å². The molecule has 9 heteroatoms. The van der Waals surface area contributed by atoms with E-state index < -0.39 is 19.9 Å². The summed E-state index contributed by atoms with van der Waals surface area (Å²) in [4.78, 5) is 0. The third-order valence-corrected chi connectivity index (χ3v) is 7.47. The van der Waals surface area contributed by atoms with E-state index in [9.17, 15) is 16.8 Å². The van der Waals surface area contributed by atoms with Gasteiger partial charge in [0.2, 0.25) is 10.0 Å². The SMILES string of the molecule is C[C@H]1NCCS(=O)(=O)c2sc(S(N)(=O)=O)cc21. The molecule has 0 saturated carbocycles. The van der Waals surface area contributed by atoms with Crippen LogP contribution in [-0.4, -0.2) is 29.1 Å². The van der Waals surface area contributed by atoms with Crippen molar-refractivity contribution in [3.8, 4) is 0 Å². The molecule has 3 N–H and O–H groups in total. The van der Waals surface area contributed by atoms with Gasteiger partial charge in [0.1, 0.15) is 8.42 Å². The summed E-state index contributed by atoms with van der Waals surface area (Å²) >= 11 is 0.725. The lowest BCUT2D eigenvalue weighted by atomic mass is 10.2. The number of nitrogens with one attached hydrogen (secondary N) is 1. The Morgan fingerprint density at radius 2 is 2.18 bits per heavy atom. The molecule has 1 aromatic heterocycles. The Balaban J connectivity index is 2.70. The minimum Gasteiger partial charge on any atom is -0.309 e. The molecule has 0 aromatic carbocycles. The summed E-state index contributed by atoms with van der Waals surface area (Å²) in [6.45, 7) is 2.15. The lowest BCUT2D eigenvalue weighted by Crippen LogP contribution is -2.21. The molecule has 2 rings (SSSR count). The molecule has 2 heterocycles.